The fraction of sp³-hybridized carbons (Fsp3) is 0.143. The second-order valence-corrected chi connectivity index (χ2v) is 2.50. The summed E-state index contributed by atoms with van der Waals surface area (Å²) in [7, 11) is -2.05. The Kier molecular flexibility index (Phi) is 2.97. The van der Waals surface area contributed by atoms with Crippen molar-refractivity contribution < 1.29 is 23.9 Å². The van der Waals surface area contributed by atoms with Crippen molar-refractivity contribution in [2.24, 2.45) is 0 Å². The van der Waals surface area contributed by atoms with Crippen molar-refractivity contribution in [3.8, 4) is 0 Å². The Balaban J connectivity index is 3.20. The molecule has 0 heterocycles. The van der Waals surface area contributed by atoms with E-state index < -0.39 is 30.8 Å². The zero-order chi connectivity index (χ0) is 10.0. The summed E-state index contributed by atoms with van der Waals surface area (Å²) in [6, 6.07) is 1.37. The quantitative estimate of drug-likeness (QED) is 0.529. The van der Waals surface area contributed by atoms with E-state index in [9.17, 15) is 8.78 Å². The van der Waals surface area contributed by atoms with Crippen LogP contribution in [0.15, 0.2) is 12.1 Å². The van der Waals surface area contributed by atoms with Crippen molar-refractivity contribution in [3.63, 3.8) is 0 Å². The molecule has 0 fully saturated rings. The second-order valence-electron chi connectivity index (χ2n) is 2.50. The summed E-state index contributed by atoms with van der Waals surface area (Å²) in [4.78, 5) is 0. The van der Waals surface area contributed by atoms with Gasteiger partial charge in [0.15, 0.2) is 0 Å². The van der Waals surface area contributed by atoms with E-state index in [-0.39, 0.29) is 5.56 Å². The minimum atomic E-state index is -2.05. The molecule has 1 aromatic carbocycles. The van der Waals surface area contributed by atoms with Gasteiger partial charge in [-0.05, 0) is 12.1 Å². The van der Waals surface area contributed by atoms with Crippen LogP contribution in [0.1, 0.15) is 5.56 Å². The molecule has 0 aliphatic rings. The summed E-state index contributed by atoms with van der Waals surface area (Å²) in [5.41, 5.74) is -0.767. The molecule has 0 saturated carbocycles. The third-order valence-corrected chi connectivity index (χ3v) is 1.61. The minimum absolute atomic E-state index is 0.220. The lowest BCUT2D eigenvalue weighted by Gasteiger charge is -2.04. The molecule has 3 nitrogen and oxygen atoms in total. The molecular weight excluding hydrogens is 181 g/mol. The predicted molar refractivity (Wildman–Crippen MR) is 42.1 cm³/mol. The molecule has 13 heavy (non-hydrogen) atoms. The number of hydrogen-bond acceptors (Lipinski definition) is 3. The first-order valence-electron chi connectivity index (χ1n) is 3.51. The van der Waals surface area contributed by atoms with Gasteiger partial charge in [-0.15, -0.1) is 0 Å². The fourth-order valence-electron chi connectivity index (χ4n) is 0.922. The van der Waals surface area contributed by atoms with E-state index in [2.05, 4.69) is 0 Å². The Morgan fingerprint density at radius 2 is 1.77 bits per heavy atom. The molecule has 1 rings (SSSR count). The highest BCUT2D eigenvalue weighted by Gasteiger charge is 2.19. The average Bonchev–Trinajstić information content (AvgIpc) is 2.07. The highest BCUT2D eigenvalue weighted by molar-refractivity contribution is 6.58. The number of hydrogen-bond donors (Lipinski definition) is 3. The topological polar surface area (TPSA) is 60.7 Å². The van der Waals surface area contributed by atoms with Crippen LogP contribution < -0.4 is 5.46 Å². The zero-order valence-corrected chi connectivity index (χ0v) is 6.54. The van der Waals surface area contributed by atoms with Gasteiger partial charge in [-0.25, -0.2) is 8.78 Å². The summed E-state index contributed by atoms with van der Waals surface area (Å²) in [5, 5.41) is 25.7. The molecule has 0 atom stereocenters. The molecule has 0 aliphatic carbocycles. The molecule has 3 N–H and O–H groups in total. The van der Waals surface area contributed by atoms with Crippen molar-refractivity contribution in [1.29, 1.82) is 0 Å². The molecule has 0 unspecified atom stereocenters. The van der Waals surface area contributed by atoms with E-state index in [4.69, 9.17) is 15.2 Å². The molecule has 0 amide bonds. The van der Waals surface area contributed by atoms with Crippen molar-refractivity contribution >= 4 is 12.6 Å². The first kappa shape index (κ1) is 10.1. The lowest BCUT2D eigenvalue weighted by Crippen LogP contribution is -2.33. The summed E-state index contributed by atoms with van der Waals surface area (Å²) in [6.45, 7) is -0.634. The molecule has 0 saturated heterocycles. The van der Waals surface area contributed by atoms with Gasteiger partial charge in [0.05, 0.1) is 6.61 Å². The number of halogens is 2. The van der Waals surface area contributed by atoms with Gasteiger partial charge in [0.1, 0.15) is 11.6 Å². The maximum Gasteiger partial charge on any atom is 0.491 e. The monoisotopic (exact) mass is 188 g/mol. The van der Waals surface area contributed by atoms with Crippen molar-refractivity contribution in [2.75, 3.05) is 0 Å². The molecule has 6 heteroatoms. The van der Waals surface area contributed by atoms with E-state index in [1.165, 1.54) is 0 Å². The smallest absolute Gasteiger partial charge is 0.423 e. The Labute approximate surface area is 73.4 Å². The third-order valence-electron chi connectivity index (χ3n) is 1.61. The van der Waals surface area contributed by atoms with Gasteiger partial charge >= 0.3 is 7.12 Å². The maximum atomic E-state index is 12.9. The number of benzene rings is 1. The Morgan fingerprint density at radius 1 is 1.15 bits per heavy atom. The van der Waals surface area contributed by atoms with Crippen LogP contribution in [0.5, 0.6) is 0 Å². The van der Waals surface area contributed by atoms with Gasteiger partial charge in [-0.1, -0.05) is 0 Å². The van der Waals surface area contributed by atoms with Crippen LogP contribution in [0.25, 0.3) is 0 Å². The first-order chi connectivity index (χ1) is 6.06. The Morgan fingerprint density at radius 3 is 2.23 bits per heavy atom. The van der Waals surface area contributed by atoms with Gasteiger partial charge in [-0.2, -0.15) is 0 Å². The molecule has 0 radical (unpaired) electrons. The molecular formula is C7H7BF2O3. The van der Waals surface area contributed by atoms with E-state index in [0.717, 1.165) is 6.07 Å². The Bertz CT molecular complexity index is 317. The van der Waals surface area contributed by atoms with Gasteiger partial charge in [0.25, 0.3) is 0 Å². The van der Waals surface area contributed by atoms with Gasteiger partial charge in [0.2, 0.25) is 0 Å². The van der Waals surface area contributed by atoms with E-state index in [1.54, 1.807) is 0 Å². The fourth-order valence-corrected chi connectivity index (χ4v) is 0.922. The summed E-state index contributed by atoms with van der Waals surface area (Å²) in [5.74, 6) is -1.83. The van der Waals surface area contributed by atoms with Gasteiger partial charge < -0.3 is 15.2 Å². The number of rotatable bonds is 2. The molecule has 0 bridgehead atoms. The summed E-state index contributed by atoms with van der Waals surface area (Å²) >= 11 is 0. The highest BCUT2D eigenvalue weighted by atomic mass is 19.1. The van der Waals surface area contributed by atoms with Crippen molar-refractivity contribution in [3.05, 3.63) is 29.3 Å². The van der Waals surface area contributed by atoms with Crippen LogP contribution in [0.3, 0.4) is 0 Å². The van der Waals surface area contributed by atoms with Crippen molar-refractivity contribution in [2.45, 2.75) is 6.61 Å². The molecule has 0 spiro atoms. The van der Waals surface area contributed by atoms with E-state index in [0.29, 0.717) is 6.07 Å². The van der Waals surface area contributed by atoms with Crippen LogP contribution in [0.4, 0.5) is 8.78 Å². The zero-order valence-electron chi connectivity index (χ0n) is 6.54. The molecule has 0 aromatic heterocycles. The highest BCUT2D eigenvalue weighted by Crippen LogP contribution is 2.08. The maximum absolute atomic E-state index is 12.9. The lowest BCUT2D eigenvalue weighted by molar-refractivity contribution is 0.275. The van der Waals surface area contributed by atoms with Crippen LogP contribution in [0.2, 0.25) is 0 Å². The molecule has 70 valence electrons. The van der Waals surface area contributed by atoms with Gasteiger partial charge in [-0.3, -0.25) is 0 Å². The SMILES string of the molecule is OCc1cc(F)c(B(O)O)cc1F. The van der Waals surface area contributed by atoms with Crippen LogP contribution in [-0.2, 0) is 6.61 Å². The number of aliphatic hydroxyl groups excluding tert-OH is 1. The number of aliphatic hydroxyl groups is 1. The normalized spacial score (nSPS) is 10.2. The lowest BCUT2D eigenvalue weighted by atomic mass is 9.79. The minimum Gasteiger partial charge on any atom is -0.423 e. The van der Waals surface area contributed by atoms with E-state index >= 15 is 0 Å². The van der Waals surface area contributed by atoms with Crippen LogP contribution in [0, 0.1) is 11.6 Å². The Hall–Kier alpha value is -0.975. The van der Waals surface area contributed by atoms with Crippen LogP contribution in [-0.4, -0.2) is 22.3 Å². The summed E-state index contributed by atoms with van der Waals surface area (Å²) < 4.78 is 25.7. The molecule has 1 aromatic rings. The average molecular weight is 188 g/mol. The van der Waals surface area contributed by atoms with Crippen molar-refractivity contribution in [1.82, 2.24) is 0 Å². The van der Waals surface area contributed by atoms with Crippen LogP contribution >= 0.6 is 0 Å². The molecule has 0 aliphatic heterocycles. The third kappa shape index (κ3) is 2.03. The second kappa shape index (κ2) is 3.82. The van der Waals surface area contributed by atoms with Gasteiger partial charge in [0, 0.05) is 11.0 Å². The summed E-state index contributed by atoms with van der Waals surface area (Å²) in [6.07, 6.45) is 0. The standard InChI is InChI=1S/C7H7BF2O3/c9-6-2-5(8(12)13)7(10)1-4(6)3-11/h1-2,11-13H,3H2. The predicted octanol–water partition coefficient (Wildman–Crippen LogP) is -0.863. The largest absolute Gasteiger partial charge is 0.491 e. The first-order valence-corrected chi connectivity index (χ1v) is 3.51. The van der Waals surface area contributed by atoms with E-state index in [1.807, 2.05) is 0 Å².